The number of carbonyl (C=O) groups is 1. The Morgan fingerprint density at radius 1 is 1.71 bits per heavy atom. The first-order valence-corrected chi connectivity index (χ1v) is 4.65. The Morgan fingerprint density at radius 3 is 2.93 bits per heavy atom. The minimum Gasteiger partial charge on any atom is -0.366 e. The fraction of sp³-hybridized carbons (Fsp3) is 0.200. The molecule has 0 fully saturated rings. The number of allylic oxidation sites excluding steroid dienone is 1. The van der Waals surface area contributed by atoms with E-state index >= 15 is 0 Å². The van der Waals surface area contributed by atoms with Crippen molar-refractivity contribution in [2.75, 3.05) is 0 Å². The largest absolute Gasteiger partial charge is 0.366 e. The zero-order chi connectivity index (χ0) is 10.6. The fourth-order valence-electron chi connectivity index (χ4n) is 1.13. The van der Waals surface area contributed by atoms with E-state index in [1.54, 1.807) is 24.4 Å². The summed E-state index contributed by atoms with van der Waals surface area (Å²) >= 11 is 5.84. The molecule has 14 heavy (non-hydrogen) atoms. The number of nitrogens with zero attached hydrogens (tertiary/aromatic N) is 1. The maximum absolute atomic E-state index is 11.1. The van der Waals surface area contributed by atoms with Gasteiger partial charge in [0.25, 0.3) is 0 Å². The number of nitrogens with two attached hydrogens (primary N) is 1. The summed E-state index contributed by atoms with van der Waals surface area (Å²) in [6.45, 7) is 1.92. The highest BCUT2D eigenvalue weighted by Gasteiger charge is 2.11. The smallest absolute Gasteiger partial charge is 0.249 e. The molecule has 1 rings (SSSR count). The molecule has 0 aliphatic carbocycles. The van der Waals surface area contributed by atoms with Crippen molar-refractivity contribution in [1.82, 2.24) is 4.98 Å². The van der Waals surface area contributed by atoms with Gasteiger partial charge < -0.3 is 5.73 Å². The second-order valence-electron chi connectivity index (χ2n) is 2.73. The van der Waals surface area contributed by atoms with Gasteiger partial charge in [0.1, 0.15) is 5.15 Å². The summed E-state index contributed by atoms with van der Waals surface area (Å²) in [6.07, 6.45) is 4.03. The van der Waals surface area contributed by atoms with E-state index < -0.39 is 5.91 Å². The second-order valence-corrected chi connectivity index (χ2v) is 3.09. The SMILES string of the molecule is CC/C=C(\C(N)=O)c1cccnc1Cl. The molecule has 0 bridgehead atoms. The van der Waals surface area contributed by atoms with E-state index in [1.165, 1.54) is 0 Å². The molecule has 1 aromatic rings. The first-order valence-electron chi connectivity index (χ1n) is 4.27. The number of halogens is 1. The topological polar surface area (TPSA) is 56.0 Å². The number of amides is 1. The lowest BCUT2D eigenvalue weighted by molar-refractivity contribution is -0.112. The Hall–Kier alpha value is -1.35. The second kappa shape index (κ2) is 4.77. The molecule has 0 aliphatic rings. The van der Waals surface area contributed by atoms with Gasteiger partial charge in [-0.3, -0.25) is 4.79 Å². The van der Waals surface area contributed by atoms with E-state index in [9.17, 15) is 4.79 Å². The van der Waals surface area contributed by atoms with Gasteiger partial charge in [-0.25, -0.2) is 4.98 Å². The summed E-state index contributed by atoms with van der Waals surface area (Å²) in [4.78, 5) is 15.0. The molecule has 3 nitrogen and oxygen atoms in total. The third kappa shape index (κ3) is 2.33. The molecule has 1 amide bonds. The monoisotopic (exact) mass is 210 g/mol. The lowest BCUT2D eigenvalue weighted by Gasteiger charge is -2.04. The Balaban J connectivity index is 3.19. The van der Waals surface area contributed by atoms with E-state index in [1.807, 2.05) is 6.92 Å². The number of rotatable bonds is 3. The van der Waals surface area contributed by atoms with Crippen molar-refractivity contribution in [1.29, 1.82) is 0 Å². The zero-order valence-corrected chi connectivity index (χ0v) is 8.58. The highest BCUT2D eigenvalue weighted by Crippen LogP contribution is 2.21. The van der Waals surface area contributed by atoms with Crippen LogP contribution in [0.5, 0.6) is 0 Å². The summed E-state index contributed by atoms with van der Waals surface area (Å²) in [7, 11) is 0. The quantitative estimate of drug-likeness (QED) is 0.613. The first kappa shape index (κ1) is 10.7. The standard InChI is InChI=1S/C10H11ClN2O/c1-2-4-8(10(12)14)7-5-3-6-13-9(7)11/h3-6H,2H2,1H3,(H2,12,14)/b8-4-. The summed E-state index contributed by atoms with van der Waals surface area (Å²) in [6, 6.07) is 3.44. The van der Waals surface area contributed by atoms with Gasteiger partial charge >= 0.3 is 0 Å². The molecular weight excluding hydrogens is 200 g/mol. The van der Waals surface area contributed by atoms with Gasteiger partial charge in [-0.15, -0.1) is 0 Å². The van der Waals surface area contributed by atoms with E-state index in [0.29, 0.717) is 16.3 Å². The molecule has 4 heteroatoms. The molecule has 0 aromatic carbocycles. The number of hydrogen-bond acceptors (Lipinski definition) is 2. The van der Waals surface area contributed by atoms with E-state index in [0.717, 1.165) is 6.42 Å². The Labute approximate surface area is 87.6 Å². The van der Waals surface area contributed by atoms with Gasteiger partial charge in [0, 0.05) is 17.3 Å². The maximum Gasteiger partial charge on any atom is 0.249 e. The summed E-state index contributed by atoms with van der Waals surface area (Å²) < 4.78 is 0. The summed E-state index contributed by atoms with van der Waals surface area (Å²) in [5.74, 6) is -0.484. The average molecular weight is 211 g/mol. The lowest BCUT2D eigenvalue weighted by atomic mass is 10.1. The summed E-state index contributed by atoms with van der Waals surface area (Å²) in [5, 5.41) is 0.297. The molecule has 0 aliphatic heterocycles. The number of hydrogen-bond donors (Lipinski definition) is 1. The number of pyridine rings is 1. The van der Waals surface area contributed by atoms with Crippen LogP contribution in [0.4, 0.5) is 0 Å². The van der Waals surface area contributed by atoms with E-state index in [-0.39, 0.29) is 0 Å². The van der Waals surface area contributed by atoms with Gasteiger partial charge in [0.2, 0.25) is 5.91 Å². The molecule has 0 radical (unpaired) electrons. The fourth-order valence-corrected chi connectivity index (χ4v) is 1.36. The molecule has 1 heterocycles. The molecule has 74 valence electrons. The van der Waals surface area contributed by atoms with Gasteiger partial charge in [-0.2, -0.15) is 0 Å². The maximum atomic E-state index is 11.1. The van der Waals surface area contributed by atoms with Crippen molar-refractivity contribution < 1.29 is 4.79 Å². The van der Waals surface area contributed by atoms with Crippen LogP contribution >= 0.6 is 11.6 Å². The van der Waals surface area contributed by atoms with Gasteiger partial charge in [0.15, 0.2) is 0 Å². The van der Waals surface area contributed by atoms with Crippen LogP contribution in [0.3, 0.4) is 0 Å². The summed E-state index contributed by atoms with van der Waals surface area (Å²) in [5.41, 5.74) is 6.24. The van der Waals surface area contributed by atoms with Crippen molar-refractivity contribution in [2.45, 2.75) is 13.3 Å². The van der Waals surface area contributed by atoms with Crippen molar-refractivity contribution >= 4 is 23.1 Å². The van der Waals surface area contributed by atoms with Crippen LogP contribution in [0.15, 0.2) is 24.4 Å². The highest BCUT2D eigenvalue weighted by atomic mass is 35.5. The minimum absolute atomic E-state index is 0.297. The zero-order valence-electron chi connectivity index (χ0n) is 7.83. The van der Waals surface area contributed by atoms with Crippen LogP contribution in [0, 0.1) is 0 Å². The van der Waals surface area contributed by atoms with Crippen LogP contribution in [-0.2, 0) is 4.79 Å². The highest BCUT2D eigenvalue weighted by molar-refractivity contribution is 6.33. The van der Waals surface area contributed by atoms with Crippen LogP contribution in [0.25, 0.3) is 5.57 Å². The molecule has 0 spiro atoms. The minimum atomic E-state index is -0.484. The van der Waals surface area contributed by atoms with Crippen molar-refractivity contribution in [2.24, 2.45) is 5.73 Å². The lowest BCUT2D eigenvalue weighted by Crippen LogP contribution is -2.13. The predicted molar refractivity (Wildman–Crippen MR) is 56.7 cm³/mol. The molecule has 2 N–H and O–H groups in total. The molecule has 1 aromatic heterocycles. The van der Waals surface area contributed by atoms with Crippen molar-refractivity contribution in [3.05, 3.63) is 35.1 Å². The van der Waals surface area contributed by atoms with Gasteiger partial charge in [-0.05, 0) is 18.6 Å². The molecule has 0 atom stereocenters. The van der Waals surface area contributed by atoms with Gasteiger partial charge in [0.05, 0.1) is 0 Å². The number of aromatic nitrogens is 1. The predicted octanol–water partition coefficient (Wildman–Crippen LogP) is 2.01. The van der Waals surface area contributed by atoms with E-state index in [4.69, 9.17) is 17.3 Å². The van der Waals surface area contributed by atoms with Crippen LogP contribution in [0.1, 0.15) is 18.9 Å². The number of primary amides is 1. The van der Waals surface area contributed by atoms with Crippen LogP contribution < -0.4 is 5.73 Å². The van der Waals surface area contributed by atoms with Crippen LogP contribution in [-0.4, -0.2) is 10.9 Å². The Kier molecular flexibility index (Phi) is 3.65. The van der Waals surface area contributed by atoms with Crippen molar-refractivity contribution in [3.8, 4) is 0 Å². The average Bonchev–Trinajstić information content (AvgIpc) is 2.15. The Bertz CT molecular complexity index is 374. The number of carbonyl (C=O) groups excluding carboxylic acids is 1. The third-order valence-electron chi connectivity index (χ3n) is 1.72. The molecular formula is C10H11ClN2O. The molecule has 0 unspecified atom stereocenters. The first-order chi connectivity index (χ1) is 6.66. The van der Waals surface area contributed by atoms with Gasteiger partial charge in [-0.1, -0.05) is 24.6 Å². The van der Waals surface area contributed by atoms with Crippen molar-refractivity contribution in [3.63, 3.8) is 0 Å². The Morgan fingerprint density at radius 2 is 2.43 bits per heavy atom. The molecule has 0 saturated heterocycles. The third-order valence-corrected chi connectivity index (χ3v) is 2.02. The van der Waals surface area contributed by atoms with E-state index in [2.05, 4.69) is 4.98 Å². The normalized spacial score (nSPS) is 11.4. The molecule has 0 saturated carbocycles. The van der Waals surface area contributed by atoms with Crippen LogP contribution in [0.2, 0.25) is 5.15 Å².